The number of nitrogens with two attached hydrogens (primary N) is 1. The summed E-state index contributed by atoms with van der Waals surface area (Å²) in [6.07, 6.45) is 3.60. The lowest BCUT2D eigenvalue weighted by atomic mass is 10.1. The summed E-state index contributed by atoms with van der Waals surface area (Å²) in [5, 5.41) is 6.05. The number of aromatic nitrogens is 3. The highest BCUT2D eigenvalue weighted by Crippen LogP contribution is 2.38. The van der Waals surface area contributed by atoms with Crippen LogP contribution >= 0.6 is 11.3 Å². The van der Waals surface area contributed by atoms with Gasteiger partial charge in [-0.15, -0.1) is 11.3 Å². The summed E-state index contributed by atoms with van der Waals surface area (Å²) < 4.78 is 0. The molecule has 0 bridgehead atoms. The molecular weight excluding hydrogens is 422 g/mol. The average Bonchev–Trinajstić information content (AvgIpc) is 3.23. The van der Waals surface area contributed by atoms with Gasteiger partial charge in [0.1, 0.15) is 10.6 Å². The Hall–Kier alpha value is -3.72. The van der Waals surface area contributed by atoms with Crippen molar-refractivity contribution in [3.63, 3.8) is 0 Å². The molecule has 4 aromatic rings. The van der Waals surface area contributed by atoms with Gasteiger partial charge >= 0.3 is 6.03 Å². The third-order valence-corrected chi connectivity index (χ3v) is 6.41. The molecule has 1 aromatic carbocycles. The van der Waals surface area contributed by atoms with E-state index in [1.165, 1.54) is 0 Å². The summed E-state index contributed by atoms with van der Waals surface area (Å²) >= 11 is 1.55. The van der Waals surface area contributed by atoms with E-state index >= 15 is 0 Å². The Morgan fingerprint density at radius 2 is 1.97 bits per heavy atom. The second-order valence-corrected chi connectivity index (χ2v) is 8.61. The van der Waals surface area contributed by atoms with E-state index in [1.807, 2.05) is 54.4 Å². The molecule has 0 spiro atoms. The van der Waals surface area contributed by atoms with Crippen LogP contribution < -0.4 is 16.0 Å². The molecule has 4 heterocycles. The number of rotatable bonds is 3. The topological polar surface area (TPSA) is 100 Å². The maximum Gasteiger partial charge on any atom is 0.321 e. The molecule has 2 amide bonds. The van der Waals surface area contributed by atoms with Crippen LogP contribution in [0.5, 0.6) is 0 Å². The van der Waals surface area contributed by atoms with Gasteiger partial charge in [-0.25, -0.2) is 9.78 Å². The summed E-state index contributed by atoms with van der Waals surface area (Å²) in [6.45, 7) is 4.52. The standard InChI is InChI=1S/C23H23N7OS/c1-15-4-2-6-17(12-15)26-23(31)30-10-8-29(9-11-30)20-19-18(16-5-3-7-25-13-16)14-32-21(19)28-22(24)27-20/h2-7,12-14H,8-11H2,1H3,(H,26,31)(H2,24,27,28). The number of urea groups is 1. The van der Waals surface area contributed by atoms with Crippen molar-refractivity contribution in [2.24, 2.45) is 0 Å². The molecule has 3 aromatic heterocycles. The van der Waals surface area contributed by atoms with E-state index in [1.54, 1.807) is 17.5 Å². The number of hydrogen-bond acceptors (Lipinski definition) is 7. The number of carbonyl (C=O) groups is 1. The number of benzene rings is 1. The maximum atomic E-state index is 12.7. The minimum atomic E-state index is -0.0887. The Kier molecular flexibility index (Phi) is 5.32. The molecule has 1 fully saturated rings. The monoisotopic (exact) mass is 445 g/mol. The van der Waals surface area contributed by atoms with Crippen LogP contribution in [0.4, 0.5) is 22.2 Å². The average molecular weight is 446 g/mol. The lowest BCUT2D eigenvalue weighted by Crippen LogP contribution is -2.50. The third-order valence-electron chi connectivity index (χ3n) is 5.54. The van der Waals surface area contributed by atoms with E-state index in [9.17, 15) is 4.79 Å². The van der Waals surface area contributed by atoms with E-state index in [4.69, 9.17) is 5.73 Å². The normalized spacial score (nSPS) is 14.0. The van der Waals surface area contributed by atoms with Crippen molar-refractivity contribution >= 4 is 45.0 Å². The Labute approximate surface area is 189 Å². The second-order valence-electron chi connectivity index (χ2n) is 7.75. The van der Waals surface area contributed by atoms with E-state index in [-0.39, 0.29) is 12.0 Å². The van der Waals surface area contributed by atoms with Gasteiger partial charge in [0.15, 0.2) is 0 Å². The van der Waals surface area contributed by atoms with Gasteiger partial charge < -0.3 is 20.9 Å². The molecular formula is C23H23N7OS. The van der Waals surface area contributed by atoms with E-state index in [2.05, 4.69) is 30.5 Å². The van der Waals surface area contributed by atoms with Crippen molar-refractivity contribution in [1.82, 2.24) is 19.9 Å². The SMILES string of the molecule is Cc1cccc(NC(=O)N2CCN(c3nc(N)nc4scc(-c5cccnc5)c34)CC2)c1. The molecule has 1 aliphatic rings. The zero-order valence-corrected chi connectivity index (χ0v) is 18.5. The summed E-state index contributed by atoms with van der Waals surface area (Å²) in [5.74, 6) is 1.07. The van der Waals surface area contributed by atoms with Gasteiger partial charge in [-0.3, -0.25) is 4.98 Å². The van der Waals surface area contributed by atoms with Gasteiger partial charge in [-0.2, -0.15) is 4.98 Å². The van der Waals surface area contributed by atoms with E-state index in [0.717, 1.165) is 38.4 Å². The zero-order chi connectivity index (χ0) is 22.1. The quantitative estimate of drug-likeness (QED) is 0.494. The lowest BCUT2D eigenvalue weighted by molar-refractivity contribution is 0.208. The van der Waals surface area contributed by atoms with Crippen LogP contribution in [-0.2, 0) is 0 Å². The largest absolute Gasteiger partial charge is 0.368 e. The van der Waals surface area contributed by atoms with Crippen LogP contribution in [-0.4, -0.2) is 52.1 Å². The zero-order valence-electron chi connectivity index (χ0n) is 17.7. The molecule has 0 saturated carbocycles. The number of amides is 2. The second kappa shape index (κ2) is 8.43. The molecule has 5 rings (SSSR count). The van der Waals surface area contributed by atoms with Gasteiger partial charge in [-0.05, 0) is 30.7 Å². The minimum Gasteiger partial charge on any atom is -0.368 e. The van der Waals surface area contributed by atoms with Crippen molar-refractivity contribution in [2.45, 2.75) is 6.92 Å². The first-order valence-corrected chi connectivity index (χ1v) is 11.3. The van der Waals surface area contributed by atoms with Crippen molar-refractivity contribution in [2.75, 3.05) is 42.1 Å². The number of pyridine rings is 1. The number of nitrogens with zero attached hydrogens (tertiary/aromatic N) is 5. The van der Waals surface area contributed by atoms with Crippen LogP contribution in [0.25, 0.3) is 21.3 Å². The summed E-state index contributed by atoms with van der Waals surface area (Å²) in [4.78, 5) is 30.9. The van der Waals surface area contributed by atoms with Gasteiger partial charge in [0.25, 0.3) is 0 Å². The number of thiophene rings is 1. The Balaban J connectivity index is 1.37. The molecule has 162 valence electrons. The molecule has 0 radical (unpaired) electrons. The van der Waals surface area contributed by atoms with Crippen LogP contribution in [0.1, 0.15) is 5.56 Å². The van der Waals surface area contributed by atoms with Crippen LogP contribution in [0.3, 0.4) is 0 Å². The number of nitrogens with one attached hydrogen (secondary N) is 1. The van der Waals surface area contributed by atoms with Crippen LogP contribution in [0, 0.1) is 6.92 Å². The Bertz CT molecular complexity index is 1270. The minimum absolute atomic E-state index is 0.0887. The van der Waals surface area contributed by atoms with Crippen molar-refractivity contribution in [3.05, 3.63) is 59.7 Å². The first-order chi connectivity index (χ1) is 15.6. The molecule has 8 nitrogen and oxygen atoms in total. The predicted octanol–water partition coefficient (Wildman–Crippen LogP) is 4.00. The molecule has 3 N–H and O–H groups in total. The molecule has 9 heteroatoms. The highest BCUT2D eigenvalue weighted by Gasteiger charge is 2.25. The number of carbonyl (C=O) groups excluding carboxylic acids is 1. The molecule has 32 heavy (non-hydrogen) atoms. The highest BCUT2D eigenvalue weighted by atomic mass is 32.1. The van der Waals surface area contributed by atoms with E-state index < -0.39 is 0 Å². The number of fused-ring (bicyclic) bond motifs is 1. The van der Waals surface area contributed by atoms with Gasteiger partial charge in [0.05, 0.1) is 5.39 Å². The fourth-order valence-corrected chi connectivity index (χ4v) is 4.90. The van der Waals surface area contributed by atoms with Gasteiger partial charge in [0.2, 0.25) is 5.95 Å². The number of aryl methyl sites for hydroxylation is 1. The van der Waals surface area contributed by atoms with Crippen LogP contribution in [0.2, 0.25) is 0 Å². The molecule has 0 unspecified atom stereocenters. The fourth-order valence-electron chi connectivity index (χ4n) is 3.95. The third kappa shape index (κ3) is 3.94. The predicted molar refractivity (Wildman–Crippen MR) is 129 cm³/mol. The van der Waals surface area contributed by atoms with Crippen molar-refractivity contribution in [3.8, 4) is 11.1 Å². The van der Waals surface area contributed by atoms with Crippen LogP contribution in [0.15, 0.2) is 54.2 Å². The summed E-state index contributed by atoms with van der Waals surface area (Å²) in [6, 6.07) is 11.7. The fraction of sp³-hybridized carbons (Fsp3) is 0.217. The van der Waals surface area contributed by atoms with Gasteiger partial charge in [-0.1, -0.05) is 18.2 Å². The number of nitrogen functional groups attached to an aromatic ring is 1. The molecule has 1 saturated heterocycles. The van der Waals surface area contributed by atoms with E-state index in [0.29, 0.717) is 26.2 Å². The number of piperazine rings is 1. The van der Waals surface area contributed by atoms with Gasteiger partial charge in [0, 0.05) is 60.8 Å². The lowest BCUT2D eigenvalue weighted by Gasteiger charge is -2.35. The smallest absolute Gasteiger partial charge is 0.321 e. The highest BCUT2D eigenvalue weighted by molar-refractivity contribution is 7.17. The number of anilines is 3. The Morgan fingerprint density at radius 1 is 1.12 bits per heavy atom. The van der Waals surface area contributed by atoms with Crippen molar-refractivity contribution in [1.29, 1.82) is 0 Å². The first kappa shape index (κ1) is 20.2. The maximum absolute atomic E-state index is 12.7. The molecule has 0 atom stereocenters. The Morgan fingerprint density at radius 3 is 2.72 bits per heavy atom. The van der Waals surface area contributed by atoms with Crippen molar-refractivity contribution < 1.29 is 4.79 Å². The summed E-state index contributed by atoms with van der Waals surface area (Å²) in [7, 11) is 0. The first-order valence-electron chi connectivity index (χ1n) is 10.4. The number of hydrogen-bond donors (Lipinski definition) is 2. The summed E-state index contributed by atoms with van der Waals surface area (Å²) in [5.41, 5.74) is 10.0. The molecule has 1 aliphatic heterocycles. The molecule has 0 aliphatic carbocycles.